The van der Waals surface area contributed by atoms with Gasteiger partial charge in [-0.15, -0.1) is 0 Å². The molecule has 0 saturated carbocycles. The number of aliphatic hydroxyl groups is 1. The first-order chi connectivity index (χ1) is 8.56. The summed E-state index contributed by atoms with van der Waals surface area (Å²) in [6.45, 7) is 5.03. The molecule has 2 heterocycles. The highest BCUT2D eigenvalue weighted by atomic mass is 16.3. The van der Waals surface area contributed by atoms with Crippen LogP contribution in [-0.2, 0) is 20.0 Å². The van der Waals surface area contributed by atoms with Crippen molar-refractivity contribution in [3.05, 3.63) is 24.0 Å². The van der Waals surface area contributed by atoms with E-state index in [2.05, 4.69) is 34.1 Å². The lowest BCUT2D eigenvalue weighted by Gasteiger charge is -2.10. The summed E-state index contributed by atoms with van der Waals surface area (Å²) in [5.41, 5.74) is 0.552. The number of aromatic nitrogens is 6. The molecule has 0 aliphatic rings. The predicted octanol–water partition coefficient (Wildman–Crippen LogP) is 0.339. The molecule has 2 aromatic rings. The lowest BCUT2D eigenvalue weighted by atomic mass is 10.2. The molecule has 18 heavy (non-hydrogen) atoms. The van der Waals surface area contributed by atoms with Crippen molar-refractivity contribution in [1.82, 2.24) is 29.8 Å². The first kappa shape index (κ1) is 12.7. The van der Waals surface area contributed by atoms with E-state index in [1.165, 1.54) is 11.1 Å². The maximum atomic E-state index is 10.1. The van der Waals surface area contributed by atoms with Crippen LogP contribution in [0.5, 0.6) is 0 Å². The Labute approximate surface area is 105 Å². The minimum atomic E-state index is -0.700. The summed E-state index contributed by atoms with van der Waals surface area (Å²) in [6.07, 6.45) is 2.77. The average molecular weight is 250 g/mol. The Hall–Kier alpha value is -1.76. The Bertz CT molecular complexity index is 503. The van der Waals surface area contributed by atoms with Crippen LogP contribution < -0.4 is 0 Å². The number of hydrogen-bond donors (Lipinski definition) is 1. The minimum Gasteiger partial charge on any atom is -0.386 e. The maximum Gasteiger partial charge on any atom is 0.138 e. The first-order valence-corrected chi connectivity index (χ1v) is 5.97. The fraction of sp³-hybridized carbons (Fsp3) is 0.636. The third-order valence-corrected chi connectivity index (χ3v) is 2.57. The third-order valence-electron chi connectivity index (χ3n) is 2.57. The molecule has 7 nitrogen and oxygen atoms in total. The van der Waals surface area contributed by atoms with Crippen LogP contribution in [0.3, 0.4) is 0 Å². The van der Waals surface area contributed by atoms with Gasteiger partial charge in [-0.1, -0.05) is 13.8 Å². The highest BCUT2D eigenvalue weighted by Gasteiger charge is 2.16. The van der Waals surface area contributed by atoms with Crippen molar-refractivity contribution in [3.8, 4) is 0 Å². The van der Waals surface area contributed by atoms with Crippen LogP contribution in [-0.4, -0.2) is 34.9 Å². The SMILES string of the molecule is CC(C)Cn1ncnc1CC(O)c1cnn(C)n1. The van der Waals surface area contributed by atoms with Gasteiger partial charge in [-0.2, -0.15) is 20.1 Å². The molecule has 0 amide bonds. The van der Waals surface area contributed by atoms with Crippen LogP contribution in [0, 0.1) is 5.92 Å². The number of nitrogens with zero attached hydrogens (tertiary/aromatic N) is 6. The highest BCUT2D eigenvalue weighted by Crippen LogP contribution is 2.14. The molecular formula is C11H18N6O. The Morgan fingerprint density at radius 1 is 1.33 bits per heavy atom. The van der Waals surface area contributed by atoms with Crippen molar-refractivity contribution < 1.29 is 5.11 Å². The first-order valence-electron chi connectivity index (χ1n) is 5.97. The van der Waals surface area contributed by atoms with E-state index >= 15 is 0 Å². The average Bonchev–Trinajstić information content (AvgIpc) is 2.88. The van der Waals surface area contributed by atoms with Crippen molar-refractivity contribution >= 4 is 0 Å². The van der Waals surface area contributed by atoms with Gasteiger partial charge in [0.2, 0.25) is 0 Å². The molecule has 0 fully saturated rings. The van der Waals surface area contributed by atoms with Crippen LogP contribution in [0.4, 0.5) is 0 Å². The quantitative estimate of drug-likeness (QED) is 0.827. The maximum absolute atomic E-state index is 10.1. The summed E-state index contributed by atoms with van der Waals surface area (Å²) in [5, 5.41) is 22.2. The van der Waals surface area contributed by atoms with Gasteiger partial charge in [0, 0.05) is 20.0 Å². The van der Waals surface area contributed by atoms with Gasteiger partial charge < -0.3 is 5.11 Å². The largest absolute Gasteiger partial charge is 0.386 e. The molecule has 7 heteroatoms. The van der Waals surface area contributed by atoms with Gasteiger partial charge in [-0.05, 0) is 5.92 Å². The van der Waals surface area contributed by atoms with Crippen molar-refractivity contribution in [2.45, 2.75) is 32.9 Å². The van der Waals surface area contributed by atoms with E-state index in [0.29, 0.717) is 18.0 Å². The van der Waals surface area contributed by atoms with Gasteiger partial charge in [0.25, 0.3) is 0 Å². The van der Waals surface area contributed by atoms with Crippen molar-refractivity contribution in [1.29, 1.82) is 0 Å². The van der Waals surface area contributed by atoms with E-state index in [1.54, 1.807) is 13.2 Å². The van der Waals surface area contributed by atoms with E-state index < -0.39 is 6.10 Å². The van der Waals surface area contributed by atoms with Crippen LogP contribution in [0.2, 0.25) is 0 Å². The predicted molar refractivity (Wildman–Crippen MR) is 64.5 cm³/mol. The van der Waals surface area contributed by atoms with E-state index in [9.17, 15) is 5.11 Å². The standard InChI is InChI=1S/C11H18N6O/c1-8(2)6-17-11(12-7-14-17)4-10(18)9-5-13-16(3)15-9/h5,7-8,10,18H,4,6H2,1-3H3. The molecule has 0 aliphatic heterocycles. The molecule has 2 rings (SSSR count). The van der Waals surface area contributed by atoms with Gasteiger partial charge in [0.15, 0.2) is 0 Å². The molecule has 0 aliphatic carbocycles. The molecular weight excluding hydrogens is 232 g/mol. The molecule has 2 aromatic heterocycles. The van der Waals surface area contributed by atoms with Crippen LogP contribution >= 0.6 is 0 Å². The second kappa shape index (κ2) is 5.26. The van der Waals surface area contributed by atoms with Gasteiger partial charge in [-0.3, -0.25) is 0 Å². The van der Waals surface area contributed by atoms with Crippen LogP contribution in [0.25, 0.3) is 0 Å². The molecule has 1 atom stereocenters. The zero-order chi connectivity index (χ0) is 13.1. The minimum absolute atomic E-state index is 0.394. The van der Waals surface area contributed by atoms with E-state index in [-0.39, 0.29) is 0 Å². The topological polar surface area (TPSA) is 81.6 Å². The van der Waals surface area contributed by atoms with Gasteiger partial charge in [-0.25, -0.2) is 9.67 Å². The smallest absolute Gasteiger partial charge is 0.138 e. The van der Waals surface area contributed by atoms with Crippen molar-refractivity contribution in [2.75, 3.05) is 0 Å². The molecule has 98 valence electrons. The van der Waals surface area contributed by atoms with Crippen LogP contribution in [0.15, 0.2) is 12.5 Å². The number of aryl methyl sites for hydroxylation is 1. The Morgan fingerprint density at radius 2 is 2.11 bits per heavy atom. The zero-order valence-corrected chi connectivity index (χ0v) is 10.9. The van der Waals surface area contributed by atoms with E-state index in [1.807, 2.05) is 4.68 Å². The summed E-state index contributed by atoms with van der Waals surface area (Å²) in [6, 6.07) is 0. The fourth-order valence-corrected chi connectivity index (χ4v) is 1.74. The summed E-state index contributed by atoms with van der Waals surface area (Å²) < 4.78 is 1.82. The number of hydrogen-bond acceptors (Lipinski definition) is 5. The lowest BCUT2D eigenvalue weighted by molar-refractivity contribution is 0.168. The summed E-state index contributed by atoms with van der Waals surface area (Å²) >= 11 is 0. The zero-order valence-electron chi connectivity index (χ0n) is 10.9. The second-order valence-electron chi connectivity index (χ2n) is 4.73. The van der Waals surface area contributed by atoms with Gasteiger partial charge in [0.05, 0.1) is 6.20 Å². The highest BCUT2D eigenvalue weighted by molar-refractivity contribution is 5.01. The van der Waals surface area contributed by atoms with Gasteiger partial charge >= 0.3 is 0 Å². The van der Waals surface area contributed by atoms with Gasteiger partial charge in [0.1, 0.15) is 23.9 Å². The van der Waals surface area contributed by atoms with Crippen molar-refractivity contribution in [2.24, 2.45) is 13.0 Å². The summed E-state index contributed by atoms with van der Waals surface area (Å²) in [4.78, 5) is 5.61. The lowest BCUT2D eigenvalue weighted by Crippen LogP contribution is -2.13. The fourth-order valence-electron chi connectivity index (χ4n) is 1.74. The molecule has 0 radical (unpaired) electrons. The van der Waals surface area contributed by atoms with Crippen LogP contribution in [0.1, 0.15) is 31.5 Å². The normalized spacial score (nSPS) is 13.2. The Balaban J connectivity index is 2.07. The molecule has 1 N–H and O–H groups in total. The Kier molecular flexibility index (Phi) is 3.71. The molecule has 1 unspecified atom stereocenters. The molecule has 0 bridgehead atoms. The Morgan fingerprint density at radius 3 is 2.72 bits per heavy atom. The molecule has 0 spiro atoms. The van der Waals surface area contributed by atoms with E-state index in [4.69, 9.17) is 0 Å². The summed E-state index contributed by atoms with van der Waals surface area (Å²) in [5.74, 6) is 1.25. The third kappa shape index (κ3) is 2.92. The molecule has 0 aromatic carbocycles. The second-order valence-corrected chi connectivity index (χ2v) is 4.73. The monoisotopic (exact) mass is 250 g/mol. The van der Waals surface area contributed by atoms with E-state index in [0.717, 1.165) is 12.4 Å². The number of aliphatic hydroxyl groups excluding tert-OH is 1. The van der Waals surface area contributed by atoms with Crippen molar-refractivity contribution in [3.63, 3.8) is 0 Å². The number of rotatable bonds is 5. The molecule has 0 saturated heterocycles. The summed E-state index contributed by atoms with van der Waals surface area (Å²) in [7, 11) is 1.72.